The summed E-state index contributed by atoms with van der Waals surface area (Å²) in [6, 6.07) is 53.8. The van der Waals surface area contributed by atoms with Crippen LogP contribution < -0.4 is 0 Å². The third-order valence-corrected chi connectivity index (χ3v) is 8.65. The van der Waals surface area contributed by atoms with Crippen molar-refractivity contribution < 1.29 is 0 Å². The molecule has 0 amide bonds. The predicted molar refractivity (Wildman–Crippen MR) is 182 cm³/mol. The van der Waals surface area contributed by atoms with Gasteiger partial charge in [-0.2, -0.15) is 10.2 Å². The molecule has 0 aliphatic heterocycles. The van der Waals surface area contributed by atoms with Crippen LogP contribution >= 0.6 is 0 Å². The molecule has 0 saturated heterocycles. The number of hydrogen-bond acceptors (Lipinski definition) is 2. The van der Waals surface area contributed by atoms with E-state index < -0.39 is 0 Å². The van der Waals surface area contributed by atoms with E-state index in [1.165, 1.54) is 43.6 Å². The number of rotatable bonds is 4. The van der Waals surface area contributed by atoms with Crippen molar-refractivity contribution in [1.82, 2.24) is 19.3 Å². The number of aromatic nitrogens is 4. The summed E-state index contributed by atoms with van der Waals surface area (Å²) in [5, 5.41) is 14.0. The Morgan fingerprint density at radius 2 is 0.795 bits per heavy atom. The van der Waals surface area contributed by atoms with Crippen LogP contribution in [0.5, 0.6) is 0 Å². The first-order chi connectivity index (χ1) is 21.8. The number of nitrogens with zero attached hydrogens (tertiary/aromatic N) is 4. The fraction of sp³-hybridized carbons (Fsp3) is 0. The first-order valence-electron chi connectivity index (χ1n) is 14.8. The molecule has 0 radical (unpaired) electrons. The molecule has 3 heterocycles. The van der Waals surface area contributed by atoms with Gasteiger partial charge in [-0.1, -0.05) is 97.1 Å². The first-order valence-corrected chi connectivity index (χ1v) is 14.8. The maximum absolute atomic E-state index is 4.57. The molecule has 0 aliphatic rings. The summed E-state index contributed by atoms with van der Waals surface area (Å²) in [7, 11) is 0. The number of benzene rings is 6. The van der Waals surface area contributed by atoms with Crippen LogP contribution in [-0.2, 0) is 0 Å². The molecular weight excluding hydrogens is 536 g/mol. The number of hydrogen-bond donors (Lipinski definition) is 0. The Balaban J connectivity index is 1.15. The van der Waals surface area contributed by atoms with E-state index in [2.05, 4.69) is 171 Å². The van der Waals surface area contributed by atoms with Crippen LogP contribution in [0.15, 0.2) is 158 Å². The molecule has 9 aromatic rings. The zero-order valence-electron chi connectivity index (χ0n) is 23.8. The second-order valence-corrected chi connectivity index (χ2v) is 11.2. The summed E-state index contributed by atoms with van der Waals surface area (Å²) in [6.07, 6.45) is 1.85. The second-order valence-electron chi connectivity index (χ2n) is 11.2. The molecule has 9 rings (SSSR count). The zero-order valence-corrected chi connectivity index (χ0v) is 23.8. The molecule has 4 nitrogen and oxygen atoms in total. The highest BCUT2D eigenvalue weighted by Gasteiger charge is 2.14. The molecule has 6 aromatic carbocycles. The molecule has 44 heavy (non-hydrogen) atoms. The molecule has 206 valence electrons. The van der Waals surface area contributed by atoms with E-state index in [9.17, 15) is 0 Å². The van der Waals surface area contributed by atoms with Gasteiger partial charge in [0.25, 0.3) is 0 Å². The number of para-hydroxylation sites is 4. The minimum atomic E-state index is 0.840. The highest BCUT2D eigenvalue weighted by molar-refractivity contribution is 6.10. The molecule has 3 aromatic heterocycles. The normalized spacial score (nSPS) is 11.6. The summed E-state index contributed by atoms with van der Waals surface area (Å²) in [4.78, 5) is 0. The molecule has 0 saturated carbocycles. The van der Waals surface area contributed by atoms with Crippen LogP contribution in [-0.4, -0.2) is 19.3 Å². The maximum atomic E-state index is 4.57. The Labute approximate surface area is 254 Å². The van der Waals surface area contributed by atoms with Gasteiger partial charge in [-0.05, 0) is 60.2 Å². The van der Waals surface area contributed by atoms with Crippen molar-refractivity contribution in [1.29, 1.82) is 0 Å². The third kappa shape index (κ3) is 3.78. The minimum absolute atomic E-state index is 0.840. The molecule has 0 spiro atoms. The van der Waals surface area contributed by atoms with Gasteiger partial charge in [0.1, 0.15) is 0 Å². The van der Waals surface area contributed by atoms with Gasteiger partial charge in [0.15, 0.2) is 0 Å². The van der Waals surface area contributed by atoms with Gasteiger partial charge < -0.3 is 9.13 Å². The molecule has 0 unspecified atom stereocenters. The van der Waals surface area contributed by atoms with E-state index in [-0.39, 0.29) is 0 Å². The fourth-order valence-electron chi connectivity index (χ4n) is 6.70. The van der Waals surface area contributed by atoms with Gasteiger partial charge in [-0.15, -0.1) is 0 Å². The lowest BCUT2D eigenvalue weighted by Crippen LogP contribution is -1.96. The summed E-state index contributed by atoms with van der Waals surface area (Å²) < 4.78 is 4.68. The first kappa shape index (κ1) is 24.6. The standard InChI is InChI=1S/C40H26N4/c1-5-19-37-32(15-1)33-16-2-6-20-38(33)43(37)30-13-9-11-27(23-30)29-25-36(42-41-26-29)28-12-10-14-31(24-28)44-39-21-7-3-17-34(39)35-18-4-8-22-40(35)44/h1-26H. The van der Waals surface area contributed by atoms with E-state index in [1.54, 1.807) is 0 Å². The lowest BCUT2D eigenvalue weighted by molar-refractivity contribution is 1.04. The van der Waals surface area contributed by atoms with Crippen LogP contribution in [0.4, 0.5) is 0 Å². The van der Waals surface area contributed by atoms with Crippen molar-refractivity contribution in [3.8, 4) is 33.8 Å². The lowest BCUT2D eigenvalue weighted by atomic mass is 10.0. The molecule has 4 heteroatoms. The van der Waals surface area contributed by atoms with Crippen LogP contribution in [0.3, 0.4) is 0 Å². The van der Waals surface area contributed by atoms with Gasteiger partial charge in [0, 0.05) is 44.0 Å². The topological polar surface area (TPSA) is 35.6 Å². The highest BCUT2D eigenvalue weighted by atomic mass is 15.1. The van der Waals surface area contributed by atoms with Crippen LogP contribution in [0, 0.1) is 0 Å². The molecule has 0 atom stereocenters. The zero-order chi connectivity index (χ0) is 29.0. The van der Waals surface area contributed by atoms with E-state index in [0.29, 0.717) is 0 Å². The Bertz CT molecular complexity index is 2240. The van der Waals surface area contributed by atoms with Gasteiger partial charge in [-0.25, -0.2) is 0 Å². The van der Waals surface area contributed by atoms with E-state index in [0.717, 1.165) is 33.8 Å². The summed E-state index contributed by atoms with van der Waals surface area (Å²) >= 11 is 0. The summed E-state index contributed by atoms with van der Waals surface area (Å²) in [5.74, 6) is 0. The quantitative estimate of drug-likeness (QED) is 0.214. The van der Waals surface area contributed by atoms with Crippen molar-refractivity contribution >= 4 is 43.6 Å². The molecule has 0 N–H and O–H groups in total. The van der Waals surface area contributed by atoms with Crippen molar-refractivity contribution in [2.45, 2.75) is 0 Å². The fourth-order valence-corrected chi connectivity index (χ4v) is 6.70. The Hall–Kier alpha value is -6.00. The van der Waals surface area contributed by atoms with Gasteiger partial charge >= 0.3 is 0 Å². The van der Waals surface area contributed by atoms with Gasteiger partial charge in [-0.3, -0.25) is 0 Å². The van der Waals surface area contributed by atoms with Crippen molar-refractivity contribution in [2.75, 3.05) is 0 Å². The monoisotopic (exact) mass is 562 g/mol. The predicted octanol–water partition coefficient (Wildman–Crippen LogP) is 10.0. The Morgan fingerprint density at radius 3 is 1.30 bits per heavy atom. The van der Waals surface area contributed by atoms with Gasteiger partial charge in [0.2, 0.25) is 0 Å². The largest absolute Gasteiger partial charge is 0.309 e. The number of fused-ring (bicyclic) bond motifs is 6. The Morgan fingerprint density at radius 1 is 0.364 bits per heavy atom. The van der Waals surface area contributed by atoms with Crippen LogP contribution in [0.1, 0.15) is 0 Å². The average Bonchev–Trinajstić information content (AvgIpc) is 3.62. The SMILES string of the molecule is c1cc(-c2cnnc(-c3cccc(-n4c5ccccc5c5ccccc54)c3)c2)cc(-n2c3ccccc3c3ccccc32)c1. The lowest BCUT2D eigenvalue weighted by Gasteiger charge is -2.12. The van der Waals surface area contributed by atoms with E-state index >= 15 is 0 Å². The summed E-state index contributed by atoms with van der Waals surface area (Å²) in [5.41, 5.74) is 11.0. The van der Waals surface area contributed by atoms with Crippen molar-refractivity contribution in [3.05, 3.63) is 158 Å². The maximum Gasteiger partial charge on any atom is 0.0936 e. The van der Waals surface area contributed by atoms with Crippen LogP contribution in [0.2, 0.25) is 0 Å². The highest BCUT2D eigenvalue weighted by Crippen LogP contribution is 2.35. The second kappa shape index (κ2) is 9.79. The smallest absolute Gasteiger partial charge is 0.0936 e. The molecule has 0 bridgehead atoms. The molecule has 0 aliphatic carbocycles. The third-order valence-electron chi connectivity index (χ3n) is 8.65. The van der Waals surface area contributed by atoms with Crippen molar-refractivity contribution in [2.24, 2.45) is 0 Å². The van der Waals surface area contributed by atoms with Crippen LogP contribution in [0.25, 0.3) is 77.4 Å². The minimum Gasteiger partial charge on any atom is -0.309 e. The van der Waals surface area contributed by atoms with Crippen molar-refractivity contribution in [3.63, 3.8) is 0 Å². The van der Waals surface area contributed by atoms with Gasteiger partial charge in [0.05, 0.1) is 34.0 Å². The molecular formula is C40H26N4. The van der Waals surface area contributed by atoms with E-state index in [4.69, 9.17) is 0 Å². The average molecular weight is 563 g/mol. The summed E-state index contributed by atoms with van der Waals surface area (Å²) in [6.45, 7) is 0. The van der Waals surface area contributed by atoms with E-state index in [1.807, 2.05) is 6.20 Å². The Kier molecular flexibility index (Phi) is 5.47. The molecule has 0 fully saturated rings.